The lowest BCUT2D eigenvalue weighted by Gasteiger charge is -2.26. The molecule has 1 aliphatic heterocycles. The van der Waals surface area contributed by atoms with Crippen LogP contribution in [0.25, 0.3) is 0 Å². The molecule has 0 aliphatic carbocycles. The largest absolute Gasteiger partial charge is 0.399 e. The zero-order valence-electron chi connectivity index (χ0n) is 17.3. The van der Waals surface area contributed by atoms with Gasteiger partial charge >= 0.3 is 0 Å². The van der Waals surface area contributed by atoms with Gasteiger partial charge in [-0.15, -0.1) is 0 Å². The molecule has 0 radical (unpaired) electrons. The van der Waals surface area contributed by atoms with Crippen LogP contribution >= 0.6 is 0 Å². The average molecular weight is 410 g/mol. The Morgan fingerprint density at radius 2 is 1.83 bits per heavy atom. The number of hydrogen-bond acceptors (Lipinski definition) is 3. The van der Waals surface area contributed by atoms with E-state index >= 15 is 0 Å². The summed E-state index contributed by atoms with van der Waals surface area (Å²) < 4.78 is 26.8. The molecule has 158 valence electrons. The summed E-state index contributed by atoms with van der Waals surface area (Å²) >= 11 is 0. The zero-order chi connectivity index (χ0) is 21.3. The van der Waals surface area contributed by atoms with Gasteiger partial charge in [-0.2, -0.15) is 0 Å². The van der Waals surface area contributed by atoms with Crippen LogP contribution in [0, 0.1) is 11.6 Å². The lowest BCUT2D eigenvalue weighted by atomic mass is 9.92. The van der Waals surface area contributed by atoms with E-state index in [1.165, 1.54) is 17.7 Å². The Balaban J connectivity index is 0.000000199. The number of nitrogen functional groups attached to an aromatic ring is 1. The van der Waals surface area contributed by atoms with E-state index < -0.39 is 0 Å². The van der Waals surface area contributed by atoms with Crippen LogP contribution in [0.5, 0.6) is 0 Å². The molecule has 1 unspecified atom stereocenters. The van der Waals surface area contributed by atoms with Crippen molar-refractivity contribution in [2.24, 2.45) is 0 Å². The summed E-state index contributed by atoms with van der Waals surface area (Å²) in [7, 11) is 0. The maximum absolute atomic E-state index is 13.6. The van der Waals surface area contributed by atoms with Gasteiger partial charge in [0.1, 0.15) is 11.6 Å². The highest BCUT2D eigenvalue weighted by Crippen LogP contribution is 2.20. The molecule has 0 bridgehead atoms. The van der Waals surface area contributed by atoms with Crippen LogP contribution in [0.1, 0.15) is 29.2 Å². The van der Waals surface area contributed by atoms with Gasteiger partial charge in [0.25, 0.3) is 0 Å². The predicted octanol–water partition coefficient (Wildman–Crippen LogP) is 4.60. The molecule has 3 aromatic carbocycles. The van der Waals surface area contributed by atoms with Crippen LogP contribution in [0.4, 0.5) is 14.5 Å². The minimum Gasteiger partial charge on any atom is -0.399 e. The molecule has 4 N–H and O–H groups in total. The molecular formula is C25H29F2N3. The molecule has 0 fully saturated rings. The van der Waals surface area contributed by atoms with Crippen LogP contribution in [-0.2, 0) is 25.9 Å². The van der Waals surface area contributed by atoms with Crippen molar-refractivity contribution in [1.29, 1.82) is 0 Å². The molecule has 1 atom stereocenters. The average Bonchev–Trinajstić information content (AvgIpc) is 2.74. The van der Waals surface area contributed by atoms with Crippen molar-refractivity contribution in [3.63, 3.8) is 0 Å². The van der Waals surface area contributed by atoms with Crippen LogP contribution in [0.3, 0.4) is 0 Å². The topological polar surface area (TPSA) is 50.1 Å². The summed E-state index contributed by atoms with van der Waals surface area (Å²) in [4.78, 5) is 0. The summed E-state index contributed by atoms with van der Waals surface area (Å²) in [5, 5.41) is 6.62. The summed E-state index contributed by atoms with van der Waals surface area (Å²) in [6.45, 7) is 4.71. The molecule has 0 saturated carbocycles. The normalized spacial score (nSPS) is 15.1. The Morgan fingerprint density at radius 1 is 1.00 bits per heavy atom. The molecule has 0 spiro atoms. The van der Waals surface area contributed by atoms with Gasteiger partial charge in [0.2, 0.25) is 0 Å². The minimum atomic E-state index is -0.203. The van der Waals surface area contributed by atoms with Crippen LogP contribution in [0.2, 0.25) is 0 Å². The predicted molar refractivity (Wildman–Crippen MR) is 119 cm³/mol. The minimum absolute atomic E-state index is 0.159. The van der Waals surface area contributed by atoms with Gasteiger partial charge in [-0.05, 0) is 72.0 Å². The van der Waals surface area contributed by atoms with E-state index in [9.17, 15) is 8.78 Å². The number of anilines is 1. The lowest BCUT2D eigenvalue weighted by molar-refractivity contribution is 0.465. The highest BCUT2D eigenvalue weighted by Gasteiger charge is 2.19. The maximum atomic E-state index is 13.6. The number of nitrogens with one attached hydrogen (secondary N) is 2. The molecule has 5 heteroatoms. The highest BCUT2D eigenvalue weighted by atomic mass is 19.1. The molecule has 3 nitrogen and oxygen atoms in total. The van der Waals surface area contributed by atoms with E-state index in [1.807, 2.05) is 30.3 Å². The second-order valence-corrected chi connectivity index (χ2v) is 7.52. The summed E-state index contributed by atoms with van der Waals surface area (Å²) in [6, 6.07) is 19.8. The van der Waals surface area contributed by atoms with Crippen LogP contribution in [-0.4, -0.2) is 12.6 Å². The van der Waals surface area contributed by atoms with Crippen molar-refractivity contribution in [3.05, 3.63) is 101 Å². The summed E-state index contributed by atoms with van der Waals surface area (Å²) in [6.07, 6.45) is 1.37. The van der Waals surface area contributed by atoms with E-state index in [2.05, 4.69) is 23.6 Å². The number of hydrogen-bond donors (Lipinski definition) is 3. The highest BCUT2D eigenvalue weighted by molar-refractivity contribution is 5.40. The molecule has 30 heavy (non-hydrogen) atoms. The molecule has 1 heterocycles. The zero-order valence-corrected chi connectivity index (χ0v) is 17.3. The van der Waals surface area contributed by atoms with E-state index in [0.29, 0.717) is 18.5 Å². The monoisotopic (exact) mass is 409 g/mol. The number of nitrogens with two attached hydrogens (primary N) is 1. The molecular weight excluding hydrogens is 380 g/mol. The van der Waals surface area contributed by atoms with Gasteiger partial charge in [-0.1, -0.05) is 43.3 Å². The van der Waals surface area contributed by atoms with Crippen molar-refractivity contribution in [2.45, 2.75) is 38.9 Å². The van der Waals surface area contributed by atoms with Gasteiger partial charge in [0.15, 0.2) is 0 Å². The van der Waals surface area contributed by atoms with E-state index in [0.717, 1.165) is 36.3 Å². The maximum Gasteiger partial charge on any atom is 0.126 e. The first-order valence-electron chi connectivity index (χ1n) is 10.3. The quantitative estimate of drug-likeness (QED) is 0.540. The Hall–Kier alpha value is -2.76. The van der Waals surface area contributed by atoms with E-state index in [-0.39, 0.29) is 17.7 Å². The lowest BCUT2D eigenvalue weighted by Crippen LogP contribution is -2.37. The second kappa shape index (κ2) is 10.9. The third-order valence-electron chi connectivity index (χ3n) is 5.17. The van der Waals surface area contributed by atoms with E-state index in [1.54, 1.807) is 18.2 Å². The first kappa shape index (κ1) is 21.9. The first-order chi connectivity index (χ1) is 14.5. The van der Waals surface area contributed by atoms with Gasteiger partial charge in [-0.25, -0.2) is 8.78 Å². The molecule has 1 aliphatic rings. The Kier molecular flexibility index (Phi) is 7.94. The van der Waals surface area contributed by atoms with Gasteiger partial charge in [0.05, 0.1) is 0 Å². The fraction of sp³-hybridized carbons (Fsp3) is 0.280. The van der Waals surface area contributed by atoms with Crippen molar-refractivity contribution < 1.29 is 8.78 Å². The molecule has 3 aromatic rings. The van der Waals surface area contributed by atoms with Gasteiger partial charge < -0.3 is 16.4 Å². The van der Waals surface area contributed by atoms with Crippen molar-refractivity contribution in [3.8, 4) is 0 Å². The number of fused-ring (bicyclic) bond motifs is 1. The van der Waals surface area contributed by atoms with Crippen molar-refractivity contribution in [1.82, 2.24) is 10.6 Å². The Labute approximate surface area is 177 Å². The standard InChI is InChI=1S/C16H15F2N.C9H14N2/c17-14-6-5-12-10-19-15(9-13(12)7-14)8-11-3-1-2-4-16(11)18;1-2-11-7-8-4-3-5-9(10)6-8/h1-7,15,19H,8-10H2;3-6,11H,2,7,10H2,1H3. The van der Waals surface area contributed by atoms with Crippen molar-refractivity contribution >= 4 is 5.69 Å². The Bertz CT molecular complexity index is 959. The third kappa shape index (κ3) is 6.37. The summed E-state index contributed by atoms with van der Waals surface area (Å²) in [5.41, 5.74) is 10.5. The van der Waals surface area contributed by atoms with Crippen LogP contribution < -0.4 is 16.4 Å². The number of halogens is 2. The molecule has 0 aromatic heterocycles. The van der Waals surface area contributed by atoms with Gasteiger partial charge in [0, 0.05) is 24.8 Å². The Morgan fingerprint density at radius 3 is 2.60 bits per heavy atom. The number of benzene rings is 3. The third-order valence-corrected chi connectivity index (χ3v) is 5.17. The SMILES string of the molecule is CCNCc1cccc(N)c1.Fc1ccc2c(c1)CC(Cc1ccccc1F)NC2. The number of rotatable bonds is 5. The molecule has 0 saturated heterocycles. The fourth-order valence-corrected chi connectivity index (χ4v) is 3.60. The second-order valence-electron chi connectivity index (χ2n) is 7.52. The fourth-order valence-electron chi connectivity index (χ4n) is 3.60. The van der Waals surface area contributed by atoms with Crippen molar-refractivity contribution in [2.75, 3.05) is 12.3 Å². The van der Waals surface area contributed by atoms with E-state index in [4.69, 9.17) is 5.73 Å². The summed E-state index contributed by atoms with van der Waals surface area (Å²) in [5.74, 6) is -0.375. The molecule has 4 rings (SSSR count). The first-order valence-corrected chi connectivity index (χ1v) is 10.3. The smallest absolute Gasteiger partial charge is 0.126 e. The molecule has 0 amide bonds. The van der Waals surface area contributed by atoms with Crippen LogP contribution in [0.15, 0.2) is 66.7 Å². The van der Waals surface area contributed by atoms with Gasteiger partial charge in [-0.3, -0.25) is 0 Å².